The zero-order valence-electron chi connectivity index (χ0n) is 8.56. The van der Waals surface area contributed by atoms with Crippen LogP contribution in [0, 0.1) is 0 Å². The molecule has 0 spiro atoms. The number of benzene rings is 1. The van der Waals surface area contributed by atoms with Gasteiger partial charge in [0.15, 0.2) is 0 Å². The van der Waals surface area contributed by atoms with Crippen molar-refractivity contribution in [1.82, 2.24) is 0 Å². The first-order chi connectivity index (χ1) is 6.45. The molecule has 0 N–H and O–H groups in total. The van der Waals surface area contributed by atoms with Crippen LogP contribution < -0.4 is 34.3 Å². The third-order valence-electron chi connectivity index (χ3n) is 1.71. The normalized spacial score (nSPS) is 10.3. The van der Waals surface area contributed by atoms with Crippen molar-refractivity contribution in [2.75, 3.05) is 7.11 Å². The predicted molar refractivity (Wildman–Crippen MR) is 51.7 cm³/mol. The molecule has 0 atom stereocenters. The first kappa shape index (κ1) is 14.7. The zero-order chi connectivity index (χ0) is 10.8. The van der Waals surface area contributed by atoms with Gasteiger partial charge in [-0.05, 0) is 17.7 Å². The van der Waals surface area contributed by atoms with E-state index in [2.05, 4.69) is 6.58 Å². The number of ether oxygens (including phenoxy) is 1. The van der Waals surface area contributed by atoms with Crippen LogP contribution in [0.4, 0.5) is 0 Å². The van der Waals surface area contributed by atoms with Gasteiger partial charge in [-0.15, -0.1) is 0 Å². The number of hydrogen-bond acceptors (Lipinski definition) is 4. The van der Waals surface area contributed by atoms with E-state index >= 15 is 0 Å². The molecule has 76 valence electrons. The second kappa shape index (κ2) is 5.67. The molecule has 0 aliphatic heterocycles. The Morgan fingerprint density at radius 3 is 2.13 bits per heavy atom. The summed E-state index contributed by atoms with van der Waals surface area (Å²) in [4.78, 5) is -0.430. The van der Waals surface area contributed by atoms with Crippen molar-refractivity contribution in [3.63, 3.8) is 0 Å². The van der Waals surface area contributed by atoms with E-state index in [1.807, 2.05) is 0 Å². The van der Waals surface area contributed by atoms with Gasteiger partial charge in [0.25, 0.3) is 0 Å². The third-order valence-corrected chi connectivity index (χ3v) is 2.55. The maximum atomic E-state index is 10.6. The Morgan fingerprint density at radius 2 is 1.80 bits per heavy atom. The Morgan fingerprint density at radius 1 is 1.33 bits per heavy atom. The van der Waals surface area contributed by atoms with Crippen molar-refractivity contribution >= 4 is 15.0 Å². The van der Waals surface area contributed by atoms with Crippen LogP contribution in [0.15, 0.2) is 30.8 Å². The van der Waals surface area contributed by atoms with E-state index in [4.69, 9.17) is 4.74 Å². The Hall–Kier alpha value is -0.330. The summed E-state index contributed by atoms with van der Waals surface area (Å²) >= 11 is 0. The second-order valence-corrected chi connectivity index (χ2v) is 4.01. The van der Waals surface area contributed by atoms with Gasteiger partial charge in [0.1, 0.15) is 15.9 Å². The summed E-state index contributed by atoms with van der Waals surface area (Å²) in [5, 5.41) is 0. The predicted octanol–water partition coefficient (Wildman–Crippen LogP) is -1.78. The molecule has 0 saturated carbocycles. The van der Waals surface area contributed by atoms with Crippen molar-refractivity contribution in [3.05, 3.63) is 36.4 Å². The standard InChI is InChI=1S/C9H10O4S.Na/c1-7(14(10,11)12)8-3-5-9(13-2)6-4-8;/h3-6H,1H2,2H3,(H,10,11,12);/q;+1/p-1. The van der Waals surface area contributed by atoms with Gasteiger partial charge in [-0.3, -0.25) is 0 Å². The fraction of sp³-hybridized carbons (Fsp3) is 0.111. The third kappa shape index (κ3) is 3.96. The number of methoxy groups -OCH3 is 1. The molecule has 15 heavy (non-hydrogen) atoms. The molecule has 1 rings (SSSR count). The SMILES string of the molecule is C=C(c1ccc(OC)cc1)S(=O)(=O)[O-].[Na+]. The van der Waals surface area contributed by atoms with Gasteiger partial charge in [0.05, 0.1) is 12.0 Å². The fourth-order valence-electron chi connectivity index (χ4n) is 0.921. The van der Waals surface area contributed by atoms with Crippen LogP contribution in [0.1, 0.15) is 5.56 Å². The summed E-state index contributed by atoms with van der Waals surface area (Å²) < 4.78 is 36.7. The molecule has 0 bridgehead atoms. The summed E-state index contributed by atoms with van der Waals surface area (Å²) in [5.41, 5.74) is 0.279. The maximum absolute atomic E-state index is 10.6. The largest absolute Gasteiger partial charge is 1.00 e. The molecule has 0 heterocycles. The minimum absolute atomic E-state index is 0. The van der Waals surface area contributed by atoms with Crippen LogP contribution >= 0.6 is 0 Å². The van der Waals surface area contributed by atoms with Crippen molar-refractivity contribution in [2.45, 2.75) is 0 Å². The van der Waals surface area contributed by atoms with Crippen LogP contribution in [0.25, 0.3) is 4.91 Å². The Labute approximate surface area is 111 Å². The Kier molecular flexibility index (Phi) is 5.55. The van der Waals surface area contributed by atoms with E-state index in [1.165, 1.54) is 19.2 Å². The Bertz CT molecular complexity index is 436. The monoisotopic (exact) mass is 236 g/mol. The molecule has 1 aromatic carbocycles. The molecule has 0 aliphatic carbocycles. The van der Waals surface area contributed by atoms with Crippen molar-refractivity contribution in [2.24, 2.45) is 0 Å². The van der Waals surface area contributed by atoms with Crippen LogP contribution in [-0.2, 0) is 10.1 Å². The van der Waals surface area contributed by atoms with Gasteiger partial charge in [-0.25, -0.2) is 8.42 Å². The van der Waals surface area contributed by atoms with Crippen molar-refractivity contribution in [1.29, 1.82) is 0 Å². The molecule has 1 aromatic rings. The fourth-order valence-corrected chi connectivity index (χ4v) is 1.35. The van der Waals surface area contributed by atoms with Gasteiger partial charge in [-0.2, -0.15) is 0 Å². The van der Waals surface area contributed by atoms with E-state index in [0.717, 1.165) is 0 Å². The van der Waals surface area contributed by atoms with Gasteiger partial charge < -0.3 is 9.29 Å². The van der Waals surface area contributed by atoms with Gasteiger partial charge in [0.2, 0.25) is 0 Å². The summed E-state index contributed by atoms with van der Waals surface area (Å²) in [7, 11) is -2.97. The minimum atomic E-state index is -4.46. The quantitative estimate of drug-likeness (QED) is 0.459. The summed E-state index contributed by atoms with van der Waals surface area (Å²) in [6.07, 6.45) is 0. The van der Waals surface area contributed by atoms with Crippen LogP contribution in [0.3, 0.4) is 0 Å². The van der Waals surface area contributed by atoms with Gasteiger partial charge in [-0.1, -0.05) is 18.7 Å². The minimum Gasteiger partial charge on any atom is -0.744 e. The van der Waals surface area contributed by atoms with Crippen molar-refractivity contribution < 1.29 is 47.3 Å². The topological polar surface area (TPSA) is 66.4 Å². The molecule has 0 amide bonds. The van der Waals surface area contributed by atoms with Gasteiger partial charge in [0, 0.05) is 0 Å². The van der Waals surface area contributed by atoms with Crippen molar-refractivity contribution in [3.8, 4) is 5.75 Å². The van der Waals surface area contributed by atoms with Crippen LogP contribution in [0.2, 0.25) is 0 Å². The van der Waals surface area contributed by atoms with E-state index in [0.29, 0.717) is 5.75 Å². The molecule has 0 aromatic heterocycles. The first-order valence-corrected chi connectivity index (χ1v) is 5.15. The molecule has 0 fully saturated rings. The van der Waals surface area contributed by atoms with E-state index in [-0.39, 0.29) is 35.1 Å². The first-order valence-electron chi connectivity index (χ1n) is 3.74. The average molecular weight is 236 g/mol. The summed E-state index contributed by atoms with van der Waals surface area (Å²) in [5.74, 6) is 0.588. The molecule has 4 nitrogen and oxygen atoms in total. The number of rotatable bonds is 3. The van der Waals surface area contributed by atoms with E-state index in [9.17, 15) is 13.0 Å². The smallest absolute Gasteiger partial charge is 0.744 e. The van der Waals surface area contributed by atoms with E-state index in [1.54, 1.807) is 12.1 Å². The van der Waals surface area contributed by atoms with Gasteiger partial charge >= 0.3 is 29.6 Å². The molecule has 6 heteroatoms. The molecular weight excluding hydrogens is 227 g/mol. The molecular formula is C9H9NaO4S. The summed E-state index contributed by atoms with van der Waals surface area (Å²) in [6, 6.07) is 6.06. The maximum Gasteiger partial charge on any atom is 1.00 e. The summed E-state index contributed by atoms with van der Waals surface area (Å²) in [6.45, 7) is 3.21. The average Bonchev–Trinajstić information content (AvgIpc) is 2.15. The van der Waals surface area contributed by atoms with Crippen LogP contribution in [0.5, 0.6) is 5.75 Å². The molecule has 0 unspecified atom stereocenters. The Balaban J connectivity index is 0.00000196. The van der Waals surface area contributed by atoms with Crippen LogP contribution in [-0.4, -0.2) is 20.1 Å². The zero-order valence-corrected chi connectivity index (χ0v) is 11.4. The number of hydrogen-bond donors (Lipinski definition) is 0. The molecule has 0 aliphatic rings. The molecule has 0 radical (unpaired) electrons. The second-order valence-electron chi connectivity index (χ2n) is 2.61. The van der Waals surface area contributed by atoms with E-state index < -0.39 is 15.0 Å². The molecule has 0 saturated heterocycles.